The molecule has 0 aliphatic heterocycles. The van der Waals surface area contributed by atoms with Crippen molar-refractivity contribution in [2.24, 2.45) is 0 Å². The zero-order valence-corrected chi connectivity index (χ0v) is 20.5. The number of unbranched alkanes of at least 4 members (excludes halogenated alkanes) is 5. The summed E-state index contributed by atoms with van der Waals surface area (Å²) in [4.78, 5) is 27.1. The first-order chi connectivity index (χ1) is 17.2. The minimum Gasteiger partial charge on any atom is -0.284 e. The summed E-state index contributed by atoms with van der Waals surface area (Å²) in [6.45, 7) is 3.64. The van der Waals surface area contributed by atoms with Crippen LogP contribution in [-0.4, -0.2) is 16.1 Å². The largest absolute Gasteiger partial charge is 0.284 e. The molecule has 0 saturated heterocycles. The van der Waals surface area contributed by atoms with Crippen molar-refractivity contribution in [2.75, 3.05) is 0 Å². The second-order valence-electron chi connectivity index (χ2n) is 9.56. The maximum atomic E-state index is 13.6. The lowest BCUT2D eigenvalue weighted by Gasteiger charge is -2.13. The van der Waals surface area contributed by atoms with E-state index in [2.05, 4.69) is 49.4 Å². The lowest BCUT2D eigenvalue weighted by atomic mass is 9.89. The zero-order chi connectivity index (χ0) is 24.2. The van der Waals surface area contributed by atoms with E-state index in [0.29, 0.717) is 29.1 Å². The van der Waals surface area contributed by atoms with Gasteiger partial charge >= 0.3 is 0 Å². The molecule has 5 rings (SSSR count). The fraction of sp³-hybridized carbons (Fsp3) is 0.323. The Hall–Kier alpha value is -3.53. The third-order valence-electron chi connectivity index (χ3n) is 7.18. The van der Waals surface area contributed by atoms with E-state index in [9.17, 15) is 9.59 Å². The van der Waals surface area contributed by atoms with Gasteiger partial charge in [0, 0.05) is 17.5 Å². The summed E-state index contributed by atoms with van der Waals surface area (Å²) in [6, 6.07) is 22.0. The number of carbonyl (C=O) groups excluding carboxylic acids is 2. The van der Waals surface area contributed by atoms with E-state index < -0.39 is 0 Å². The van der Waals surface area contributed by atoms with Crippen LogP contribution in [0.1, 0.15) is 83.1 Å². The average molecular weight is 466 g/mol. The molecule has 0 atom stereocenters. The number of benzene rings is 3. The van der Waals surface area contributed by atoms with Crippen molar-refractivity contribution >= 4 is 22.3 Å². The second-order valence-corrected chi connectivity index (χ2v) is 9.56. The number of nitrogens with zero attached hydrogens (tertiary/aromatic N) is 2. The molecule has 4 nitrogen and oxygen atoms in total. The van der Waals surface area contributed by atoms with Crippen LogP contribution in [0.25, 0.3) is 10.8 Å². The van der Waals surface area contributed by atoms with Crippen LogP contribution >= 0.6 is 0 Å². The van der Waals surface area contributed by atoms with Crippen molar-refractivity contribution in [1.82, 2.24) is 4.57 Å². The lowest BCUT2D eigenvalue weighted by molar-refractivity contribution is -0.698. The van der Waals surface area contributed by atoms with E-state index in [1.54, 1.807) is 12.1 Å². The van der Waals surface area contributed by atoms with Gasteiger partial charge in [-0.25, -0.2) is 9.13 Å². The van der Waals surface area contributed by atoms with Gasteiger partial charge in [-0.15, -0.1) is 0 Å². The van der Waals surface area contributed by atoms with Gasteiger partial charge in [-0.05, 0) is 29.2 Å². The van der Waals surface area contributed by atoms with Crippen molar-refractivity contribution in [1.29, 1.82) is 0 Å². The maximum absolute atomic E-state index is 13.6. The molecule has 1 aromatic heterocycles. The molecule has 1 aliphatic rings. The molecule has 35 heavy (non-hydrogen) atoms. The van der Waals surface area contributed by atoms with Gasteiger partial charge in [0.2, 0.25) is 29.3 Å². The standard InChI is InChI=1S/C31H33N2O2/c1-2-3-4-5-6-11-20-32-22-33(21-19-24-15-12-14-23-13-7-8-16-25(23)24)29-28(32)30(34)26-17-9-10-18-27(26)31(29)35/h7-10,12-18,22H,2-6,11,19-21H2,1H3/q+1. The summed E-state index contributed by atoms with van der Waals surface area (Å²) in [5.41, 5.74) is 3.39. The van der Waals surface area contributed by atoms with E-state index in [-0.39, 0.29) is 11.6 Å². The number of rotatable bonds is 10. The Morgan fingerprint density at radius 2 is 1.43 bits per heavy atom. The Bertz CT molecular complexity index is 1380. The van der Waals surface area contributed by atoms with Crippen LogP contribution in [0.15, 0.2) is 73.1 Å². The Morgan fingerprint density at radius 3 is 2.26 bits per heavy atom. The van der Waals surface area contributed by atoms with Crippen molar-refractivity contribution in [3.8, 4) is 0 Å². The molecular formula is C31H33N2O2+. The van der Waals surface area contributed by atoms with Crippen molar-refractivity contribution in [3.05, 3.63) is 101 Å². The fourth-order valence-corrected chi connectivity index (χ4v) is 5.32. The van der Waals surface area contributed by atoms with E-state index in [1.807, 2.05) is 27.6 Å². The Labute approximate surface area is 207 Å². The third-order valence-corrected chi connectivity index (χ3v) is 7.18. The van der Waals surface area contributed by atoms with Gasteiger partial charge in [0.05, 0.1) is 13.1 Å². The Kier molecular flexibility index (Phi) is 6.89. The molecule has 0 saturated carbocycles. The molecule has 0 bridgehead atoms. The average Bonchev–Trinajstić information content (AvgIpc) is 3.26. The molecule has 4 aromatic rings. The minimum atomic E-state index is -0.0465. The first-order valence-corrected chi connectivity index (χ1v) is 13.0. The Morgan fingerprint density at radius 1 is 0.743 bits per heavy atom. The van der Waals surface area contributed by atoms with E-state index in [1.165, 1.54) is 42.0 Å². The predicted molar refractivity (Wildman–Crippen MR) is 139 cm³/mol. The van der Waals surface area contributed by atoms with E-state index >= 15 is 0 Å². The fourth-order valence-electron chi connectivity index (χ4n) is 5.32. The van der Waals surface area contributed by atoms with Gasteiger partial charge in [0.15, 0.2) is 0 Å². The van der Waals surface area contributed by atoms with Gasteiger partial charge in [-0.3, -0.25) is 9.59 Å². The molecule has 0 spiro atoms. The molecular weight excluding hydrogens is 432 g/mol. The van der Waals surface area contributed by atoms with Crippen LogP contribution < -0.4 is 4.57 Å². The highest BCUT2D eigenvalue weighted by molar-refractivity contribution is 6.26. The molecule has 0 radical (unpaired) electrons. The summed E-state index contributed by atoms with van der Waals surface area (Å²) in [7, 11) is 0. The first kappa shape index (κ1) is 23.2. The molecule has 0 amide bonds. The van der Waals surface area contributed by atoms with E-state index in [0.717, 1.165) is 25.8 Å². The maximum Gasteiger partial charge on any atom is 0.244 e. The van der Waals surface area contributed by atoms with Crippen molar-refractivity contribution in [3.63, 3.8) is 0 Å². The molecule has 1 heterocycles. The second kappa shape index (κ2) is 10.4. The van der Waals surface area contributed by atoms with Gasteiger partial charge in [0.1, 0.15) is 0 Å². The predicted octanol–water partition coefficient (Wildman–Crippen LogP) is 6.31. The van der Waals surface area contributed by atoms with Crippen molar-refractivity contribution < 1.29 is 14.2 Å². The SMILES string of the molecule is CCCCCCCC[n+]1cn(CCc2cccc3ccccc23)c2c1C(=O)c1ccccc1C2=O. The number of aromatic nitrogens is 2. The van der Waals surface area contributed by atoms with Crippen LogP contribution in [0.3, 0.4) is 0 Å². The van der Waals surface area contributed by atoms with Crippen LogP contribution in [0.5, 0.6) is 0 Å². The lowest BCUT2D eigenvalue weighted by Crippen LogP contribution is -2.40. The number of imidazole rings is 1. The number of ketones is 2. The topological polar surface area (TPSA) is 43.0 Å². The smallest absolute Gasteiger partial charge is 0.244 e. The summed E-state index contributed by atoms with van der Waals surface area (Å²) >= 11 is 0. The molecule has 1 aliphatic carbocycles. The van der Waals surface area contributed by atoms with Crippen LogP contribution in [-0.2, 0) is 19.5 Å². The van der Waals surface area contributed by atoms with Crippen LogP contribution in [0, 0.1) is 0 Å². The number of carbonyl (C=O) groups is 2. The summed E-state index contributed by atoms with van der Waals surface area (Å²) < 4.78 is 4.05. The number of fused-ring (bicyclic) bond motifs is 3. The quantitative estimate of drug-likeness (QED) is 0.179. The van der Waals surface area contributed by atoms with Crippen molar-refractivity contribution in [2.45, 2.75) is 65.0 Å². The van der Waals surface area contributed by atoms with E-state index in [4.69, 9.17) is 0 Å². The normalized spacial score (nSPS) is 12.7. The van der Waals surface area contributed by atoms with Gasteiger partial charge in [0.25, 0.3) is 0 Å². The highest BCUT2D eigenvalue weighted by Gasteiger charge is 2.40. The molecule has 3 aromatic carbocycles. The van der Waals surface area contributed by atoms with Crippen LogP contribution in [0.2, 0.25) is 0 Å². The van der Waals surface area contributed by atoms with Gasteiger partial charge in [-0.2, -0.15) is 0 Å². The minimum absolute atomic E-state index is 0.0370. The summed E-state index contributed by atoms with van der Waals surface area (Å²) in [5.74, 6) is -0.0834. The van der Waals surface area contributed by atoms with Gasteiger partial charge in [-0.1, -0.05) is 99.3 Å². The first-order valence-electron chi connectivity index (χ1n) is 13.0. The third kappa shape index (κ3) is 4.58. The summed E-state index contributed by atoms with van der Waals surface area (Å²) in [6.07, 6.45) is 9.93. The number of hydrogen-bond acceptors (Lipinski definition) is 2. The number of hydrogen-bond donors (Lipinski definition) is 0. The van der Waals surface area contributed by atoms with Crippen LogP contribution in [0.4, 0.5) is 0 Å². The molecule has 0 N–H and O–H groups in total. The van der Waals surface area contributed by atoms with Gasteiger partial charge < -0.3 is 0 Å². The zero-order valence-electron chi connectivity index (χ0n) is 20.5. The Balaban J connectivity index is 1.45. The number of aryl methyl sites for hydroxylation is 3. The molecule has 0 unspecified atom stereocenters. The summed E-state index contributed by atoms with van der Waals surface area (Å²) in [5, 5.41) is 2.46. The molecule has 4 heteroatoms. The highest BCUT2D eigenvalue weighted by Crippen LogP contribution is 2.27. The monoisotopic (exact) mass is 465 g/mol. The highest BCUT2D eigenvalue weighted by atomic mass is 16.1. The molecule has 178 valence electrons. The molecule has 0 fully saturated rings.